The summed E-state index contributed by atoms with van der Waals surface area (Å²) in [7, 11) is 4.41. The molecule has 0 aromatic heterocycles. The van der Waals surface area contributed by atoms with Crippen molar-refractivity contribution in [3.8, 4) is 22.6 Å². The van der Waals surface area contributed by atoms with Crippen LogP contribution in [0.1, 0.15) is 26.3 Å². The molecule has 2 aromatic carbocycles. The van der Waals surface area contributed by atoms with E-state index in [0.29, 0.717) is 29.2 Å². The predicted octanol–water partition coefficient (Wildman–Crippen LogP) is 4.34. The zero-order chi connectivity index (χ0) is 25.5. The van der Waals surface area contributed by atoms with E-state index in [9.17, 15) is 9.59 Å². The summed E-state index contributed by atoms with van der Waals surface area (Å²) in [6.45, 7) is 9.41. The maximum atomic E-state index is 13.0. The van der Waals surface area contributed by atoms with Gasteiger partial charge in [0.15, 0.2) is 5.75 Å². The van der Waals surface area contributed by atoms with Gasteiger partial charge in [-0.25, -0.2) is 4.79 Å². The Hall–Kier alpha value is -3.52. The first-order valence-electron chi connectivity index (χ1n) is 10.8. The molecule has 0 unspecified atom stereocenters. The quantitative estimate of drug-likeness (QED) is 0.430. The molecular weight excluding hydrogens is 436 g/mol. The van der Waals surface area contributed by atoms with E-state index in [1.54, 1.807) is 46.1 Å². The van der Waals surface area contributed by atoms with Crippen LogP contribution in [0.2, 0.25) is 0 Å². The fraction of sp³-hybridized carbons (Fsp3) is 0.385. The molecule has 0 aliphatic carbocycles. The number of anilines is 1. The molecule has 0 saturated heterocycles. The Morgan fingerprint density at radius 3 is 2.21 bits per heavy atom. The number of carbonyl (C=O) groups excluding carboxylic acids is 2. The number of ether oxygens (including phenoxy) is 4. The van der Waals surface area contributed by atoms with E-state index < -0.39 is 23.7 Å². The van der Waals surface area contributed by atoms with Crippen LogP contribution in [0.15, 0.2) is 49.1 Å². The number of hydrogen-bond acceptors (Lipinski definition) is 7. The van der Waals surface area contributed by atoms with E-state index in [2.05, 4.69) is 6.58 Å². The smallest absolute Gasteiger partial charge is 0.415 e. The first-order chi connectivity index (χ1) is 16.1. The lowest BCUT2D eigenvalue weighted by Gasteiger charge is -2.28. The van der Waals surface area contributed by atoms with E-state index in [4.69, 9.17) is 24.7 Å². The molecule has 8 heteroatoms. The van der Waals surface area contributed by atoms with Crippen molar-refractivity contribution in [2.24, 2.45) is 5.73 Å². The number of methoxy groups -OCH3 is 3. The number of carbonyl (C=O) groups is 2. The summed E-state index contributed by atoms with van der Waals surface area (Å²) in [4.78, 5) is 26.1. The molecule has 0 saturated carbocycles. The highest BCUT2D eigenvalue weighted by Gasteiger charge is 2.27. The number of rotatable bonds is 9. The van der Waals surface area contributed by atoms with Gasteiger partial charge in [-0.3, -0.25) is 9.69 Å². The molecular formula is C26H34N2O6. The van der Waals surface area contributed by atoms with Crippen LogP contribution < -0.4 is 20.1 Å². The van der Waals surface area contributed by atoms with E-state index in [-0.39, 0.29) is 6.54 Å². The van der Waals surface area contributed by atoms with Crippen LogP contribution in [-0.4, -0.2) is 51.6 Å². The van der Waals surface area contributed by atoms with Crippen molar-refractivity contribution in [1.29, 1.82) is 0 Å². The average Bonchev–Trinajstić information content (AvgIpc) is 2.80. The molecule has 2 N–H and O–H groups in total. The van der Waals surface area contributed by atoms with Crippen LogP contribution in [0.5, 0.6) is 11.5 Å². The van der Waals surface area contributed by atoms with E-state index in [0.717, 1.165) is 11.1 Å². The molecule has 1 amide bonds. The Morgan fingerprint density at radius 2 is 1.71 bits per heavy atom. The molecule has 0 bridgehead atoms. The molecule has 8 nitrogen and oxygen atoms in total. The lowest BCUT2D eigenvalue weighted by Crippen LogP contribution is -2.37. The standard InChI is InChI=1S/C26H34N2O6/c1-8-15-28(25(30)34-26(2,3)4)20-13-14-21(31-5)22(23(20)32-6)18-11-9-17(10-12-18)16-19(27)24(29)33-7/h8-14,19H,1,15-16,27H2,2-7H3/t19-/m0/s1. The van der Waals surface area contributed by atoms with Gasteiger partial charge in [0.1, 0.15) is 17.4 Å². The second-order valence-corrected chi connectivity index (χ2v) is 8.61. The van der Waals surface area contributed by atoms with Crippen molar-refractivity contribution in [1.82, 2.24) is 0 Å². The van der Waals surface area contributed by atoms with Gasteiger partial charge < -0.3 is 24.7 Å². The van der Waals surface area contributed by atoms with E-state index in [1.165, 1.54) is 19.1 Å². The fourth-order valence-electron chi connectivity index (χ4n) is 3.43. The van der Waals surface area contributed by atoms with Gasteiger partial charge in [0.25, 0.3) is 0 Å². The normalized spacial score (nSPS) is 11.9. The van der Waals surface area contributed by atoms with Crippen molar-refractivity contribution in [2.45, 2.75) is 38.8 Å². The highest BCUT2D eigenvalue weighted by molar-refractivity contribution is 5.94. The summed E-state index contributed by atoms with van der Waals surface area (Å²) >= 11 is 0. The van der Waals surface area contributed by atoms with Gasteiger partial charge in [-0.15, -0.1) is 6.58 Å². The van der Waals surface area contributed by atoms with Crippen molar-refractivity contribution < 1.29 is 28.5 Å². The number of hydrogen-bond donors (Lipinski definition) is 1. The molecule has 0 radical (unpaired) electrons. The minimum absolute atomic E-state index is 0.224. The van der Waals surface area contributed by atoms with Crippen molar-refractivity contribution in [3.05, 3.63) is 54.6 Å². The molecule has 1 atom stereocenters. The summed E-state index contributed by atoms with van der Waals surface area (Å²) in [5, 5.41) is 0. The number of nitrogens with two attached hydrogens (primary N) is 1. The van der Waals surface area contributed by atoms with Crippen molar-refractivity contribution in [3.63, 3.8) is 0 Å². The minimum Gasteiger partial charge on any atom is -0.496 e. The molecule has 0 aliphatic rings. The molecule has 2 rings (SSSR count). The summed E-state index contributed by atoms with van der Waals surface area (Å²) in [5.41, 5.74) is 8.08. The van der Waals surface area contributed by atoms with E-state index in [1.807, 2.05) is 24.3 Å². The molecule has 0 heterocycles. The average molecular weight is 471 g/mol. The summed E-state index contributed by atoms with van der Waals surface area (Å²) in [5.74, 6) is 0.554. The van der Waals surface area contributed by atoms with E-state index >= 15 is 0 Å². The third kappa shape index (κ3) is 6.51. The highest BCUT2D eigenvalue weighted by Crippen LogP contribution is 2.45. The second kappa shape index (κ2) is 11.6. The number of amides is 1. The second-order valence-electron chi connectivity index (χ2n) is 8.61. The van der Waals surface area contributed by atoms with Gasteiger partial charge in [-0.1, -0.05) is 30.3 Å². The molecule has 0 aliphatic heterocycles. The molecule has 34 heavy (non-hydrogen) atoms. The van der Waals surface area contributed by atoms with Gasteiger partial charge >= 0.3 is 12.1 Å². The van der Waals surface area contributed by atoms with Crippen molar-refractivity contribution >= 4 is 17.7 Å². The first-order valence-corrected chi connectivity index (χ1v) is 10.8. The Morgan fingerprint density at radius 1 is 1.06 bits per heavy atom. The predicted molar refractivity (Wildman–Crippen MR) is 132 cm³/mol. The molecule has 184 valence electrons. The van der Waals surface area contributed by atoms with Crippen LogP contribution in [0.25, 0.3) is 11.1 Å². The third-order valence-corrected chi connectivity index (χ3v) is 4.94. The maximum absolute atomic E-state index is 13.0. The lowest BCUT2D eigenvalue weighted by molar-refractivity contribution is -0.142. The zero-order valence-electron chi connectivity index (χ0n) is 20.7. The van der Waals surface area contributed by atoms with Gasteiger partial charge in [-0.05, 0) is 50.5 Å². The van der Waals surface area contributed by atoms with Crippen LogP contribution in [0, 0.1) is 0 Å². The van der Waals surface area contributed by atoms with Gasteiger partial charge in [0.05, 0.1) is 32.6 Å². The fourth-order valence-corrected chi connectivity index (χ4v) is 3.43. The molecule has 0 spiro atoms. The largest absolute Gasteiger partial charge is 0.496 e. The Labute approximate surface area is 201 Å². The Bertz CT molecular complexity index is 1010. The molecule has 2 aromatic rings. The van der Waals surface area contributed by atoms with Crippen LogP contribution >= 0.6 is 0 Å². The SMILES string of the molecule is C=CCN(C(=O)OC(C)(C)C)c1ccc(OC)c(-c2ccc(C[C@H](N)C(=O)OC)cc2)c1OC. The van der Waals surface area contributed by atoms with Crippen LogP contribution in [0.4, 0.5) is 10.5 Å². The topological polar surface area (TPSA) is 100 Å². The number of benzene rings is 2. The van der Waals surface area contributed by atoms with Crippen molar-refractivity contribution in [2.75, 3.05) is 32.8 Å². The third-order valence-electron chi connectivity index (χ3n) is 4.94. The van der Waals surface area contributed by atoms with Gasteiger partial charge in [-0.2, -0.15) is 0 Å². The monoisotopic (exact) mass is 470 g/mol. The lowest BCUT2D eigenvalue weighted by atomic mass is 9.98. The summed E-state index contributed by atoms with van der Waals surface area (Å²) < 4.78 is 21.7. The molecule has 0 fully saturated rings. The Balaban J connectivity index is 2.54. The first kappa shape index (κ1) is 26.7. The highest BCUT2D eigenvalue weighted by atomic mass is 16.6. The van der Waals surface area contributed by atoms with Crippen LogP contribution in [0.3, 0.4) is 0 Å². The summed E-state index contributed by atoms with van der Waals surface area (Å²) in [6.07, 6.45) is 1.44. The zero-order valence-corrected chi connectivity index (χ0v) is 20.7. The van der Waals surface area contributed by atoms with Gasteiger partial charge in [0.2, 0.25) is 0 Å². The number of nitrogens with zero attached hydrogens (tertiary/aromatic N) is 1. The van der Waals surface area contributed by atoms with Gasteiger partial charge in [0, 0.05) is 6.54 Å². The Kier molecular flexibility index (Phi) is 9.09. The summed E-state index contributed by atoms with van der Waals surface area (Å²) in [6, 6.07) is 10.3. The maximum Gasteiger partial charge on any atom is 0.415 e. The number of esters is 1. The minimum atomic E-state index is -0.746. The van der Waals surface area contributed by atoms with Crippen LogP contribution in [-0.2, 0) is 20.7 Å².